The molecule has 1 amide bonds. The molecule has 0 heterocycles. The summed E-state index contributed by atoms with van der Waals surface area (Å²) in [5.41, 5.74) is 0.607. The Hall–Kier alpha value is -1.82. The zero-order chi connectivity index (χ0) is 20.0. The minimum absolute atomic E-state index is 0. The molecule has 0 aliphatic heterocycles. The first-order chi connectivity index (χ1) is 12.8. The second kappa shape index (κ2) is 11.2. The summed E-state index contributed by atoms with van der Waals surface area (Å²) < 4.78 is 40.7. The van der Waals surface area contributed by atoms with Crippen molar-refractivity contribution in [1.29, 1.82) is 0 Å². The minimum atomic E-state index is -1.63. The first-order valence-electron chi connectivity index (χ1n) is 7.91. The van der Waals surface area contributed by atoms with Gasteiger partial charge in [-0.25, -0.2) is 13.2 Å². The number of guanidine groups is 1. The van der Waals surface area contributed by atoms with Gasteiger partial charge in [0.05, 0.1) is 12.2 Å². The van der Waals surface area contributed by atoms with Crippen LogP contribution in [-0.2, 0) is 11.3 Å². The maximum atomic E-state index is 13.6. The number of halogens is 5. The van der Waals surface area contributed by atoms with Crippen LogP contribution in [0.2, 0.25) is 0 Å². The van der Waals surface area contributed by atoms with Gasteiger partial charge >= 0.3 is 0 Å². The van der Waals surface area contributed by atoms with Crippen LogP contribution in [0.4, 0.5) is 18.9 Å². The molecule has 0 unspecified atom stereocenters. The summed E-state index contributed by atoms with van der Waals surface area (Å²) in [4.78, 5) is 17.8. The summed E-state index contributed by atoms with van der Waals surface area (Å²) >= 11 is 3.37. The largest absolute Gasteiger partial charge is 0.347 e. The summed E-state index contributed by atoms with van der Waals surface area (Å²) in [6.07, 6.45) is 0. The molecule has 0 atom stereocenters. The van der Waals surface area contributed by atoms with Crippen LogP contribution in [0.3, 0.4) is 0 Å². The Morgan fingerprint density at radius 2 is 1.75 bits per heavy atom. The van der Waals surface area contributed by atoms with Crippen LogP contribution < -0.4 is 10.6 Å². The number of benzene rings is 2. The van der Waals surface area contributed by atoms with E-state index in [0.29, 0.717) is 12.5 Å². The zero-order valence-electron chi connectivity index (χ0n) is 15.1. The highest BCUT2D eigenvalue weighted by Gasteiger charge is 2.16. The highest BCUT2D eigenvalue weighted by Crippen LogP contribution is 2.19. The Morgan fingerprint density at radius 3 is 2.36 bits per heavy atom. The third kappa shape index (κ3) is 6.66. The number of hydrogen-bond acceptors (Lipinski definition) is 2. The van der Waals surface area contributed by atoms with Gasteiger partial charge in [-0.1, -0.05) is 28.1 Å². The number of aliphatic imine (C=N–C) groups is 1. The lowest BCUT2D eigenvalue weighted by atomic mass is 10.2. The second-order valence-electron chi connectivity index (χ2n) is 5.65. The van der Waals surface area contributed by atoms with Crippen LogP contribution in [-0.4, -0.2) is 37.4 Å². The van der Waals surface area contributed by atoms with Crippen LogP contribution >= 0.6 is 39.9 Å². The molecule has 0 aliphatic carbocycles. The van der Waals surface area contributed by atoms with Crippen molar-refractivity contribution < 1.29 is 18.0 Å². The van der Waals surface area contributed by atoms with Crippen molar-refractivity contribution in [2.45, 2.75) is 6.54 Å². The number of carbonyl (C=O) groups excluding carboxylic acids is 1. The molecule has 5 nitrogen and oxygen atoms in total. The van der Waals surface area contributed by atoms with Crippen molar-refractivity contribution in [2.75, 3.05) is 26.0 Å². The van der Waals surface area contributed by atoms with Crippen LogP contribution in [0.5, 0.6) is 0 Å². The van der Waals surface area contributed by atoms with Gasteiger partial charge in [-0.05, 0) is 29.8 Å². The quantitative estimate of drug-likeness (QED) is 0.246. The number of nitrogens with zero attached hydrogens (tertiary/aromatic N) is 2. The van der Waals surface area contributed by atoms with Crippen molar-refractivity contribution in [3.05, 3.63) is 63.9 Å². The van der Waals surface area contributed by atoms with Crippen LogP contribution in [0.25, 0.3) is 0 Å². The molecule has 0 aliphatic rings. The second-order valence-corrected chi connectivity index (χ2v) is 6.57. The maximum Gasteiger partial charge on any atom is 0.243 e. The Kier molecular flexibility index (Phi) is 9.73. The van der Waals surface area contributed by atoms with Gasteiger partial charge in [-0.2, -0.15) is 0 Å². The zero-order valence-corrected chi connectivity index (χ0v) is 19.0. The van der Waals surface area contributed by atoms with Crippen molar-refractivity contribution >= 4 is 57.5 Å². The molecule has 0 spiro atoms. The molecular weight excluding hydrogens is 552 g/mol. The Bertz CT molecular complexity index is 849. The van der Waals surface area contributed by atoms with Gasteiger partial charge in [0.15, 0.2) is 23.4 Å². The molecule has 2 aromatic rings. The fourth-order valence-electron chi connectivity index (χ4n) is 2.30. The van der Waals surface area contributed by atoms with Crippen molar-refractivity contribution in [3.8, 4) is 0 Å². The molecular formula is C18H19BrF3IN4O. The fourth-order valence-corrected chi connectivity index (χ4v) is 2.56. The summed E-state index contributed by atoms with van der Waals surface area (Å²) in [5, 5.41) is 5.02. The molecule has 2 aromatic carbocycles. The average molecular weight is 571 g/mol. The topological polar surface area (TPSA) is 56.7 Å². The SMILES string of the molecule is CN=C(NCC(=O)Nc1ccc(F)c(F)c1F)N(C)Cc1ccc(Br)cc1.I. The lowest BCUT2D eigenvalue weighted by Gasteiger charge is -2.22. The summed E-state index contributed by atoms with van der Waals surface area (Å²) in [7, 11) is 3.36. The van der Waals surface area contributed by atoms with E-state index in [0.717, 1.165) is 22.2 Å². The van der Waals surface area contributed by atoms with Gasteiger partial charge in [-0.15, -0.1) is 24.0 Å². The Labute approximate surface area is 186 Å². The maximum absolute atomic E-state index is 13.6. The Balaban J connectivity index is 0.00000392. The van der Waals surface area contributed by atoms with Gasteiger partial charge in [0, 0.05) is 25.1 Å². The third-order valence-corrected chi connectivity index (χ3v) is 4.15. The molecule has 0 saturated carbocycles. The fraction of sp³-hybridized carbons (Fsp3) is 0.222. The highest BCUT2D eigenvalue weighted by molar-refractivity contribution is 14.0. The van der Waals surface area contributed by atoms with E-state index in [-0.39, 0.29) is 30.5 Å². The van der Waals surface area contributed by atoms with E-state index in [2.05, 4.69) is 31.6 Å². The van der Waals surface area contributed by atoms with Gasteiger partial charge in [0.2, 0.25) is 5.91 Å². The van der Waals surface area contributed by atoms with Crippen LogP contribution in [0.15, 0.2) is 45.9 Å². The van der Waals surface area contributed by atoms with E-state index in [4.69, 9.17) is 0 Å². The minimum Gasteiger partial charge on any atom is -0.347 e. The number of hydrogen-bond donors (Lipinski definition) is 2. The summed E-state index contributed by atoms with van der Waals surface area (Å²) in [5.74, 6) is -4.58. The third-order valence-electron chi connectivity index (χ3n) is 3.62. The molecule has 0 saturated heterocycles. The molecule has 0 bridgehead atoms. The average Bonchev–Trinajstić information content (AvgIpc) is 2.64. The molecule has 10 heteroatoms. The van der Waals surface area contributed by atoms with Crippen molar-refractivity contribution in [3.63, 3.8) is 0 Å². The van der Waals surface area contributed by atoms with Gasteiger partial charge in [0.1, 0.15) is 0 Å². The number of amides is 1. The number of rotatable bonds is 5. The molecule has 0 aromatic heterocycles. The number of nitrogens with one attached hydrogen (secondary N) is 2. The van der Waals surface area contributed by atoms with E-state index < -0.39 is 29.0 Å². The smallest absolute Gasteiger partial charge is 0.243 e. The molecule has 28 heavy (non-hydrogen) atoms. The van der Waals surface area contributed by atoms with Crippen molar-refractivity contribution in [2.24, 2.45) is 4.99 Å². The first kappa shape index (κ1) is 24.2. The first-order valence-corrected chi connectivity index (χ1v) is 8.70. The normalized spacial score (nSPS) is 10.9. The van der Waals surface area contributed by atoms with Gasteiger partial charge in [-0.3, -0.25) is 9.79 Å². The molecule has 2 N–H and O–H groups in total. The molecule has 0 radical (unpaired) electrons. The van der Waals surface area contributed by atoms with Crippen LogP contribution in [0.1, 0.15) is 5.56 Å². The van der Waals surface area contributed by atoms with E-state index in [1.54, 1.807) is 19.0 Å². The van der Waals surface area contributed by atoms with Gasteiger partial charge in [0.25, 0.3) is 0 Å². The predicted molar refractivity (Wildman–Crippen MR) is 117 cm³/mol. The number of carbonyl (C=O) groups is 1. The molecule has 152 valence electrons. The van der Waals surface area contributed by atoms with E-state index in [1.807, 2.05) is 24.3 Å². The van der Waals surface area contributed by atoms with E-state index in [1.165, 1.54) is 0 Å². The lowest BCUT2D eigenvalue weighted by molar-refractivity contribution is -0.115. The molecule has 2 rings (SSSR count). The highest BCUT2D eigenvalue weighted by atomic mass is 127. The standard InChI is InChI=1S/C18H18BrF3N4O.HI/c1-23-18(26(2)10-11-3-5-12(19)6-4-11)24-9-15(27)25-14-8-7-13(20)16(21)17(14)22;/h3-8H,9-10H2,1-2H3,(H,23,24)(H,25,27);1H. The van der Waals surface area contributed by atoms with E-state index >= 15 is 0 Å². The van der Waals surface area contributed by atoms with Crippen molar-refractivity contribution in [1.82, 2.24) is 10.2 Å². The summed E-state index contributed by atoms with van der Waals surface area (Å²) in [6, 6.07) is 9.44. The van der Waals surface area contributed by atoms with Gasteiger partial charge < -0.3 is 15.5 Å². The van der Waals surface area contributed by atoms with E-state index in [9.17, 15) is 18.0 Å². The summed E-state index contributed by atoms with van der Waals surface area (Å²) in [6.45, 7) is 0.322. The Morgan fingerprint density at radius 1 is 1.11 bits per heavy atom. The van der Waals surface area contributed by atoms with Crippen LogP contribution in [0, 0.1) is 17.5 Å². The monoisotopic (exact) mass is 570 g/mol. The predicted octanol–water partition coefficient (Wildman–Crippen LogP) is 4.13. The number of anilines is 1. The molecule has 0 fully saturated rings. The lowest BCUT2D eigenvalue weighted by Crippen LogP contribution is -2.42.